The minimum absolute atomic E-state index is 0.0132. The molecule has 6 heteroatoms. The smallest absolute Gasteiger partial charge is 0.196 e. The summed E-state index contributed by atoms with van der Waals surface area (Å²) in [6.45, 7) is 4.31. The van der Waals surface area contributed by atoms with E-state index in [2.05, 4.69) is 13.8 Å². The minimum Gasteiger partial charge on any atom is -0.398 e. The Balaban J connectivity index is 1.70. The molecule has 0 heterocycles. The first-order valence-electron chi connectivity index (χ1n) is 14.6. The van der Waals surface area contributed by atoms with Crippen LogP contribution in [0.1, 0.15) is 61.8 Å². The summed E-state index contributed by atoms with van der Waals surface area (Å²) in [4.78, 5) is 27.4. The number of hydrogen-bond donors (Lipinski definition) is 4. The van der Waals surface area contributed by atoms with E-state index in [1.54, 1.807) is 24.3 Å². The largest absolute Gasteiger partial charge is 0.398 e. The quantitative estimate of drug-likeness (QED) is 0.234. The molecule has 42 heavy (non-hydrogen) atoms. The maximum absolute atomic E-state index is 13.7. The van der Waals surface area contributed by atoms with Gasteiger partial charge in [0.25, 0.3) is 0 Å². The van der Waals surface area contributed by atoms with Gasteiger partial charge in [0.05, 0.1) is 21.2 Å². The van der Waals surface area contributed by atoms with Crippen LogP contribution in [0, 0.1) is 31.7 Å². The van der Waals surface area contributed by atoms with Crippen molar-refractivity contribution in [2.75, 3.05) is 0 Å². The van der Waals surface area contributed by atoms with Gasteiger partial charge in [-0.2, -0.15) is 0 Å². The zero-order valence-corrected chi connectivity index (χ0v) is 24.1. The maximum atomic E-state index is 13.7. The number of hydrogen-bond acceptors (Lipinski definition) is 6. The Morgan fingerprint density at radius 2 is 0.929 bits per heavy atom. The Morgan fingerprint density at radius 3 is 1.26 bits per heavy atom. The molecule has 0 unspecified atom stereocenters. The number of rotatable bonds is 8. The summed E-state index contributed by atoms with van der Waals surface area (Å²) in [5, 5.41) is 18.6. The van der Waals surface area contributed by atoms with Gasteiger partial charge < -0.3 is 11.5 Å². The van der Waals surface area contributed by atoms with Gasteiger partial charge in [0.1, 0.15) is 0 Å². The third kappa shape index (κ3) is 5.16. The van der Waals surface area contributed by atoms with Crippen LogP contribution in [0.4, 0.5) is 0 Å². The maximum Gasteiger partial charge on any atom is 0.196 e. The molecule has 3 aliphatic carbocycles. The molecular weight excluding hydrogens is 520 g/mol. The van der Waals surface area contributed by atoms with Crippen LogP contribution in [0.2, 0.25) is 0 Å². The van der Waals surface area contributed by atoms with Gasteiger partial charge in [-0.25, -0.2) is 0 Å². The Labute approximate surface area is 243 Å². The van der Waals surface area contributed by atoms with Crippen LogP contribution in [-0.4, -0.2) is 0 Å². The minimum atomic E-state index is -0.465. The lowest BCUT2D eigenvalue weighted by Gasteiger charge is -2.06. The standard InChI is InChI=1S/C36H36N4O2/c1-3-5-7-21-9-13-23(14-10-21)31(37)27-19-17-25-29(33(27)39)35(41)26-18-20-28(34(40)30(26)36(25)42)32(38)24-15-11-22(12-16-24)8-6-4-2/h9-20,39-40H,3-8,37-38H2,1-2H3/b31-27-,32-28+,39-33?,40-34?. The third-order valence-electron chi connectivity index (χ3n) is 8.10. The average molecular weight is 557 g/mol. The highest BCUT2D eigenvalue weighted by Crippen LogP contribution is 2.12. The molecule has 0 aliphatic heterocycles. The van der Waals surface area contributed by atoms with Gasteiger partial charge >= 0.3 is 0 Å². The van der Waals surface area contributed by atoms with E-state index in [1.807, 2.05) is 48.5 Å². The van der Waals surface area contributed by atoms with Crippen LogP contribution in [0.5, 0.6) is 0 Å². The van der Waals surface area contributed by atoms with Crippen molar-refractivity contribution in [2.24, 2.45) is 11.5 Å². The summed E-state index contributed by atoms with van der Waals surface area (Å²) < 4.78 is 0. The normalized spacial score (nSPS) is 13.0. The zero-order valence-electron chi connectivity index (χ0n) is 24.1. The fourth-order valence-corrected chi connectivity index (χ4v) is 5.55. The lowest BCUT2D eigenvalue weighted by atomic mass is 10.0. The summed E-state index contributed by atoms with van der Waals surface area (Å²) in [6, 6.07) is 22.1. The predicted molar refractivity (Wildman–Crippen MR) is 166 cm³/mol. The molecule has 2 aromatic rings. The fraction of sp³-hybridized carbons (Fsp3) is 0.222. The molecule has 0 atom stereocenters. The van der Waals surface area contributed by atoms with Crippen molar-refractivity contribution >= 4 is 11.4 Å². The summed E-state index contributed by atoms with van der Waals surface area (Å²) in [5.41, 5.74) is 16.7. The van der Waals surface area contributed by atoms with E-state index in [1.165, 1.54) is 11.1 Å². The van der Waals surface area contributed by atoms with E-state index in [4.69, 9.17) is 22.3 Å². The Bertz CT molecular complexity index is 2080. The number of nitrogens with one attached hydrogen (secondary N) is 2. The van der Waals surface area contributed by atoms with E-state index in [-0.39, 0.29) is 31.6 Å². The molecule has 0 saturated heterocycles. The number of benzene rings is 2. The molecule has 0 amide bonds. The second-order valence-electron chi connectivity index (χ2n) is 10.9. The molecule has 5 rings (SSSR count). The molecular formula is C36H36N4O2. The highest BCUT2D eigenvalue weighted by Gasteiger charge is 2.11. The van der Waals surface area contributed by atoms with E-state index < -0.39 is 10.9 Å². The van der Waals surface area contributed by atoms with Crippen molar-refractivity contribution in [3.63, 3.8) is 0 Å². The molecule has 3 aliphatic rings. The second-order valence-corrected chi connectivity index (χ2v) is 10.9. The molecule has 0 aromatic heterocycles. The Kier molecular flexibility index (Phi) is 8.16. The van der Waals surface area contributed by atoms with Gasteiger partial charge in [-0.05, 0) is 72.2 Å². The summed E-state index contributed by atoms with van der Waals surface area (Å²) in [7, 11) is 0. The predicted octanol–water partition coefficient (Wildman–Crippen LogP) is 2.61. The van der Waals surface area contributed by atoms with E-state index >= 15 is 0 Å². The first-order chi connectivity index (χ1) is 20.3. The lowest BCUT2D eigenvalue weighted by molar-refractivity contribution is 0.795. The molecule has 0 radical (unpaired) electrons. The van der Waals surface area contributed by atoms with Crippen molar-refractivity contribution in [3.8, 4) is 0 Å². The second kappa shape index (κ2) is 12.0. The third-order valence-corrected chi connectivity index (χ3v) is 8.10. The Hall–Kier alpha value is -4.84. The van der Waals surface area contributed by atoms with Crippen LogP contribution in [0.15, 0.2) is 82.4 Å². The van der Waals surface area contributed by atoms with Crippen molar-refractivity contribution < 1.29 is 0 Å². The lowest BCUT2D eigenvalue weighted by Crippen LogP contribution is -2.39. The first kappa shape index (κ1) is 28.7. The van der Waals surface area contributed by atoms with Gasteiger partial charge in [0.15, 0.2) is 10.9 Å². The summed E-state index contributed by atoms with van der Waals surface area (Å²) >= 11 is 0. The summed E-state index contributed by atoms with van der Waals surface area (Å²) in [6.07, 6.45) is 6.43. The zero-order chi connectivity index (χ0) is 30.0. The molecule has 0 bridgehead atoms. The van der Waals surface area contributed by atoms with E-state index in [9.17, 15) is 9.59 Å². The van der Waals surface area contributed by atoms with Crippen molar-refractivity contribution in [3.05, 3.63) is 158 Å². The molecule has 6 N–H and O–H groups in total. The monoisotopic (exact) mass is 556 g/mol. The molecule has 2 aromatic carbocycles. The molecule has 0 saturated carbocycles. The first-order valence-corrected chi connectivity index (χ1v) is 14.6. The van der Waals surface area contributed by atoms with Gasteiger partial charge in [0, 0.05) is 32.3 Å². The molecule has 6 nitrogen and oxygen atoms in total. The van der Waals surface area contributed by atoms with E-state index in [0.29, 0.717) is 21.8 Å². The molecule has 212 valence electrons. The van der Waals surface area contributed by atoms with Crippen LogP contribution in [0.25, 0.3) is 11.4 Å². The number of aryl methyl sites for hydroxylation is 2. The number of nitrogens with two attached hydrogens (primary N) is 2. The summed E-state index contributed by atoms with van der Waals surface area (Å²) in [5.74, 6) is 0. The van der Waals surface area contributed by atoms with Crippen molar-refractivity contribution in [1.82, 2.24) is 0 Å². The van der Waals surface area contributed by atoms with E-state index in [0.717, 1.165) is 49.7 Å². The van der Waals surface area contributed by atoms with Crippen LogP contribution in [-0.2, 0) is 12.8 Å². The van der Waals surface area contributed by atoms with Crippen LogP contribution >= 0.6 is 0 Å². The Morgan fingerprint density at radius 1 is 0.571 bits per heavy atom. The highest BCUT2D eigenvalue weighted by atomic mass is 16.1. The van der Waals surface area contributed by atoms with Crippen LogP contribution < -0.4 is 43.5 Å². The fourth-order valence-electron chi connectivity index (χ4n) is 5.55. The molecule has 0 spiro atoms. The number of unbranched alkanes of at least 4 members (excludes halogenated alkanes) is 2. The highest BCUT2D eigenvalue weighted by molar-refractivity contribution is 5.63. The average Bonchev–Trinajstić information content (AvgIpc) is 3.01. The van der Waals surface area contributed by atoms with Gasteiger partial charge in [0.2, 0.25) is 0 Å². The van der Waals surface area contributed by atoms with Crippen LogP contribution in [0.3, 0.4) is 0 Å². The van der Waals surface area contributed by atoms with Gasteiger partial charge in [-0.1, -0.05) is 75.2 Å². The van der Waals surface area contributed by atoms with Gasteiger partial charge in [-0.15, -0.1) is 0 Å². The van der Waals surface area contributed by atoms with Gasteiger partial charge in [-0.3, -0.25) is 20.4 Å². The topological polar surface area (TPSA) is 134 Å². The van der Waals surface area contributed by atoms with Crippen molar-refractivity contribution in [1.29, 1.82) is 10.8 Å². The molecule has 0 fully saturated rings. The van der Waals surface area contributed by atoms with Crippen molar-refractivity contribution in [2.45, 2.75) is 52.4 Å². The SMILES string of the molecule is CCCCc1ccc(/C(N)=c2\ccc3c(=O)c4c(=N)/c(=C(/N)c5ccc(CCCC)cc5)ccc=4c(=O)c=3c2=N)cc1.